The lowest BCUT2D eigenvalue weighted by Crippen LogP contribution is -2.42. The number of likely N-dealkylation sites (N-methyl/N-ethyl adjacent to an activating group) is 1. The van der Waals surface area contributed by atoms with Crippen LogP contribution in [0.1, 0.15) is 29.4 Å². The number of carbonyl (C=O) groups is 1. The highest BCUT2D eigenvalue weighted by atomic mass is 16.5. The van der Waals surface area contributed by atoms with Crippen LogP contribution < -0.4 is 10.1 Å². The van der Waals surface area contributed by atoms with Gasteiger partial charge in [-0.2, -0.15) is 5.10 Å². The molecule has 1 N–H and O–H groups in total. The first-order valence-corrected chi connectivity index (χ1v) is 10.1. The number of nitrogens with one attached hydrogen (secondary N) is 1. The molecule has 3 rings (SSSR count). The summed E-state index contributed by atoms with van der Waals surface area (Å²) < 4.78 is 7.13. The Morgan fingerprint density at radius 2 is 1.80 bits per heavy atom. The first-order valence-electron chi connectivity index (χ1n) is 10.1. The second-order valence-corrected chi connectivity index (χ2v) is 7.55. The molecule has 0 spiro atoms. The molecule has 2 aromatic carbocycles. The minimum atomic E-state index is -0.262. The topological polar surface area (TPSA) is 59.4 Å². The zero-order chi connectivity index (χ0) is 21.7. The van der Waals surface area contributed by atoms with E-state index in [1.165, 1.54) is 0 Å². The van der Waals surface area contributed by atoms with Crippen LogP contribution in [0.2, 0.25) is 0 Å². The third kappa shape index (κ3) is 4.89. The van der Waals surface area contributed by atoms with Gasteiger partial charge < -0.3 is 10.1 Å². The van der Waals surface area contributed by atoms with Crippen LogP contribution in [0.3, 0.4) is 0 Å². The SMILES string of the molecule is COc1ccc(CNC(=O)C(C)N(C)Cc2c(C)nn(-c3ccccc3)c2C)cc1. The molecule has 3 aromatic rings. The molecule has 1 aromatic heterocycles. The van der Waals surface area contributed by atoms with Gasteiger partial charge in [-0.3, -0.25) is 9.69 Å². The number of aromatic nitrogens is 2. The monoisotopic (exact) mass is 406 g/mol. The lowest BCUT2D eigenvalue weighted by Gasteiger charge is -2.24. The van der Waals surface area contributed by atoms with Gasteiger partial charge in [0.25, 0.3) is 0 Å². The highest BCUT2D eigenvalue weighted by Crippen LogP contribution is 2.20. The van der Waals surface area contributed by atoms with Gasteiger partial charge in [-0.05, 0) is 57.6 Å². The number of benzene rings is 2. The van der Waals surface area contributed by atoms with E-state index in [0.29, 0.717) is 13.1 Å². The van der Waals surface area contributed by atoms with Gasteiger partial charge in [-0.15, -0.1) is 0 Å². The molecule has 0 bridgehead atoms. The predicted molar refractivity (Wildman–Crippen MR) is 119 cm³/mol. The molecule has 1 atom stereocenters. The maximum absolute atomic E-state index is 12.7. The minimum absolute atomic E-state index is 0.000856. The van der Waals surface area contributed by atoms with Gasteiger partial charge in [0.05, 0.1) is 24.5 Å². The van der Waals surface area contributed by atoms with Crippen LogP contribution in [-0.2, 0) is 17.9 Å². The second kappa shape index (κ2) is 9.59. The number of carbonyl (C=O) groups excluding carboxylic acids is 1. The van der Waals surface area contributed by atoms with Crippen molar-refractivity contribution in [1.29, 1.82) is 0 Å². The summed E-state index contributed by atoms with van der Waals surface area (Å²) in [4.78, 5) is 14.7. The van der Waals surface area contributed by atoms with Gasteiger partial charge in [0, 0.05) is 24.3 Å². The lowest BCUT2D eigenvalue weighted by atomic mass is 10.1. The molecule has 0 aliphatic rings. The molecule has 158 valence electrons. The summed E-state index contributed by atoms with van der Waals surface area (Å²) >= 11 is 0. The molecule has 30 heavy (non-hydrogen) atoms. The van der Waals surface area contributed by atoms with Crippen LogP contribution in [0.15, 0.2) is 54.6 Å². The summed E-state index contributed by atoms with van der Waals surface area (Å²) in [5.74, 6) is 0.805. The van der Waals surface area contributed by atoms with Crippen molar-refractivity contribution < 1.29 is 9.53 Å². The zero-order valence-electron chi connectivity index (χ0n) is 18.3. The van der Waals surface area contributed by atoms with Gasteiger partial charge in [0.15, 0.2) is 0 Å². The highest BCUT2D eigenvalue weighted by Gasteiger charge is 2.21. The van der Waals surface area contributed by atoms with E-state index in [-0.39, 0.29) is 11.9 Å². The molecule has 1 heterocycles. The van der Waals surface area contributed by atoms with Crippen LogP contribution in [0, 0.1) is 13.8 Å². The summed E-state index contributed by atoms with van der Waals surface area (Å²) in [7, 11) is 3.61. The van der Waals surface area contributed by atoms with Crippen molar-refractivity contribution in [2.45, 2.75) is 39.9 Å². The number of ether oxygens (including phenoxy) is 1. The normalized spacial score (nSPS) is 12.1. The Balaban J connectivity index is 1.62. The quantitative estimate of drug-likeness (QED) is 0.621. The molecule has 0 aliphatic carbocycles. The zero-order valence-corrected chi connectivity index (χ0v) is 18.3. The van der Waals surface area contributed by atoms with Crippen LogP contribution in [0.4, 0.5) is 0 Å². The number of hydrogen-bond donors (Lipinski definition) is 1. The Morgan fingerprint density at radius 1 is 1.13 bits per heavy atom. The van der Waals surface area contributed by atoms with Crippen molar-refractivity contribution in [2.75, 3.05) is 14.2 Å². The van der Waals surface area contributed by atoms with Crippen LogP contribution >= 0.6 is 0 Å². The third-order valence-electron chi connectivity index (χ3n) is 5.52. The number of methoxy groups -OCH3 is 1. The molecule has 0 saturated heterocycles. The number of para-hydroxylation sites is 1. The first kappa shape index (κ1) is 21.6. The van der Waals surface area contributed by atoms with E-state index in [9.17, 15) is 4.79 Å². The third-order valence-corrected chi connectivity index (χ3v) is 5.52. The van der Waals surface area contributed by atoms with Crippen molar-refractivity contribution in [3.63, 3.8) is 0 Å². The molecular formula is C24H30N4O2. The predicted octanol–water partition coefficient (Wildman–Crippen LogP) is 3.63. The second-order valence-electron chi connectivity index (χ2n) is 7.55. The van der Waals surface area contributed by atoms with Crippen molar-refractivity contribution >= 4 is 5.91 Å². The summed E-state index contributed by atoms with van der Waals surface area (Å²) in [5, 5.41) is 7.73. The molecule has 1 unspecified atom stereocenters. The van der Waals surface area contributed by atoms with E-state index in [0.717, 1.165) is 34.0 Å². The molecule has 0 aliphatic heterocycles. The van der Waals surface area contributed by atoms with E-state index < -0.39 is 0 Å². The van der Waals surface area contributed by atoms with Gasteiger partial charge in [0.2, 0.25) is 5.91 Å². The lowest BCUT2D eigenvalue weighted by molar-refractivity contribution is -0.125. The summed E-state index contributed by atoms with van der Waals surface area (Å²) in [5.41, 5.74) is 5.30. The summed E-state index contributed by atoms with van der Waals surface area (Å²) in [6.45, 7) is 7.16. The number of aryl methyl sites for hydroxylation is 1. The van der Waals surface area contributed by atoms with E-state index in [2.05, 4.69) is 17.1 Å². The average Bonchev–Trinajstić information content (AvgIpc) is 3.06. The van der Waals surface area contributed by atoms with E-state index in [4.69, 9.17) is 9.84 Å². The Morgan fingerprint density at radius 3 is 2.43 bits per heavy atom. The van der Waals surface area contributed by atoms with Crippen LogP contribution in [0.25, 0.3) is 5.69 Å². The van der Waals surface area contributed by atoms with E-state index in [1.54, 1.807) is 7.11 Å². The standard InChI is InChI=1S/C24H30N4O2/c1-17-23(18(2)28(26-17)21-9-7-6-8-10-21)16-27(4)19(3)24(29)25-15-20-11-13-22(30-5)14-12-20/h6-14,19H,15-16H2,1-5H3,(H,25,29). The fourth-order valence-corrected chi connectivity index (χ4v) is 3.39. The van der Waals surface area contributed by atoms with Crippen molar-refractivity contribution in [3.8, 4) is 11.4 Å². The highest BCUT2D eigenvalue weighted by molar-refractivity contribution is 5.81. The smallest absolute Gasteiger partial charge is 0.237 e. The van der Waals surface area contributed by atoms with Gasteiger partial charge in [-0.1, -0.05) is 30.3 Å². The van der Waals surface area contributed by atoms with Gasteiger partial charge in [0.1, 0.15) is 5.75 Å². The fraction of sp³-hybridized carbons (Fsp3) is 0.333. The van der Waals surface area contributed by atoms with Crippen molar-refractivity contribution in [3.05, 3.63) is 77.1 Å². The van der Waals surface area contributed by atoms with Crippen molar-refractivity contribution in [2.24, 2.45) is 0 Å². The molecule has 0 fully saturated rings. The Kier molecular flexibility index (Phi) is 6.90. The van der Waals surface area contributed by atoms with E-state index >= 15 is 0 Å². The van der Waals surface area contributed by atoms with Crippen LogP contribution in [0.5, 0.6) is 5.75 Å². The number of nitrogens with zero attached hydrogens (tertiary/aromatic N) is 3. The number of hydrogen-bond acceptors (Lipinski definition) is 4. The van der Waals surface area contributed by atoms with Crippen LogP contribution in [-0.4, -0.2) is 40.8 Å². The maximum Gasteiger partial charge on any atom is 0.237 e. The maximum atomic E-state index is 12.7. The molecule has 0 radical (unpaired) electrons. The average molecular weight is 407 g/mol. The number of amides is 1. The summed E-state index contributed by atoms with van der Waals surface area (Å²) in [6.07, 6.45) is 0. The molecule has 6 heteroatoms. The van der Waals surface area contributed by atoms with Gasteiger partial charge in [-0.25, -0.2) is 4.68 Å². The fourth-order valence-electron chi connectivity index (χ4n) is 3.39. The number of rotatable bonds is 8. The Bertz CT molecular complexity index is 980. The largest absolute Gasteiger partial charge is 0.497 e. The van der Waals surface area contributed by atoms with Gasteiger partial charge >= 0.3 is 0 Å². The Hall–Kier alpha value is -3.12. The molecular weight excluding hydrogens is 376 g/mol. The molecule has 1 amide bonds. The summed E-state index contributed by atoms with van der Waals surface area (Å²) in [6, 6.07) is 17.5. The first-order chi connectivity index (χ1) is 14.4. The minimum Gasteiger partial charge on any atom is -0.497 e. The molecule has 6 nitrogen and oxygen atoms in total. The van der Waals surface area contributed by atoms with E-state index in [1.807, 2.05) is 80.2 Å². The van der Waals surface area contributed by atoms with Crippen molar-refractivity contribution in [1.82, 2.24) is 20.0 Å². The Labute approximate surface area is 178 Å². The molecule has 0 saturated carbocycles.